The predicted octanol–water partition coefficient (Wildman–Crippen LogP) is 16.7. The van der Waals surface area contributed by atoms with E-state index in [1.807, 2.05) is 0 Å². The fraction of sp³-hybridized carbons (Fsp3) is 0.100. The number of benzene rings is 9. The molecule has 2 aliphatic rings. The minimum Gasteiger partial charge on any atom is -0.455 e. The Balaban J connectivity index is 0.984. The predicted molar refractivity (Wildman–Crippen MR) is 260 cm³/mol. The van der Waals surface area contributed by atoms with Crippen LogP contribution in [0.15, 0.2) is 205 Å². The number of fused-ring (bicyclic) bond motifs is 9. The van der Waals surface area contributed by atoms with E-state index in [0.717, 1.165) is 44.6 Å². The van der Waals surface area contributed by atoms with Crippen LogP contribution in [0.5, 0.6) is 0 Å². The van der Waals surface area contributed by atoms with Gasteiger partial charge in [0, 0.05) is 44.2 Å². The summed E-state index contributed by atoms with van der Waals surface area (Å²) in [5.74, 6) is 0. The molecule has 0 atom stereocenters. The molecule has 0 fully saturated rings. The van der Waals surface area contributed by atoms with Gasteiger partial charge in [0.05, 0.1) is 0 Å². The summed E-state index contributed by atoms with van der Waals surface area (Å²) in [6.45, 7) is 9.60. The van der Waals surface area contributed by atoms with Gasteiger partial charge >= 0.3 is 0 Å². The van der Waals surface area contributed by atoms with Crippen LogP contribution in [0, 0.1) is 0 Å². The van der Waals surface area contributed by atoms with Crippen LogP contribution < -0.4 is 4.90 Å². The Morgan fingerprint density at radius 3 is 1.52 bits per heavy atom. The number of hydrogen-bond donors (Lipinski definition) is 0. The van der Waals surface area contributed by atoms with Crippen LogP contribution in [0.4, 0.5) is 17.1 Å². The Morgan fingerprint density at radius 2 is 0.839 bits per heavy atom. The van der Waals surface area contributed by atoms with Gasteiger partial charge in [-0.05, 0) is 127 Å². The maximum Gasteiger partial charge on any atom is 0.143 e. The maximum atomic E-state index is 6.63. The molecule has 296 valence electrons. The van der Waals surface area contributed by atoms with Crippen molar-refractivity contribution in [3.63, 3.8) is 0 Å². The van der Waals surface area contributed by atoms with Crippen molar-refractivity contribution in [2.75, 3.05) is 4.90 Å². The minimum absolute atomic E-state index is 0.182. The van der Waals surface area contributed by atoms with E-state index in [1.54, 1.807) is 0 Å². The van der Waals surface area contributed by atoms with Gasteiger partial charge < -0.3 is 9.32 Å². The Kier molecular flexibility index (Phi) is 7.96. The van der Waals surface area contributed by atoms with Crippen LogP contribution in [0.1, 0.15) is 49.9 Å². The zero-order valence-corrected chi connectivity index (χ0v) is 35.4. The standard InChI is InChI=1S/C60H45NO/c1-59(2)52-23-14-20-47(49-22-13-21-48-46-19-11-12-24-56(46)62-58(48)49)57(52)51-37-54-50(36-55(51)59)45-34-33-44(35-53(45)60(54,3)4)61(42-29-25-40(26-30-42)38-15-7-5-8-16-38)43-31-27-41(28-32-43)39-17-9-6-10-18-39/h5-37H,1-4H3. The number of nitrogens with zero attached hydrogens (tertiary/aromatic N) is 1. The molecule has 0 saturated carbocycles. The van der Waals surface area contributed by atoms with Crippen LogP contribution in [0.2, 0.25) is 0 Å². The van der Waals surface area contributed by atoms with E-state index >= 15 is 0 Å². The molecular weight excluding hydrogens is 751 g/mol. The maximum absolute atomic E-state index is 6.63. The van der Waals surface area contributed by atoms with Gasteiger partial charge in [-0.25, -0.2) is 0 Å². The molecule has 2 heteroatoms. The largest absolute Gasteiger partial charge is 0.455 e. The second kappa shape index (κ2) is 13.5. The van der Waals surface area contributed by atoms with Crippen molar-refractivity contribution >= 4 is 39.0 Å². The lowest BCUT2D eigenvalue weighted by molar-refractivity contribution is 0.652. The lowest BCUT2D eigenvalue weighted by Crippen LogP contribution is -2.17. The molecule has 0 unspecified atom stereocenters. The van der Waals surface area contributed by atoms with Crippen LogP contribution >= 0.6 is 0 Å². The second-order valence-electron chi connectivity index (χ2n) is 18.1. The fourth-order valence-electron chi connectivity index (χ4n) is 10.6. The Morgan fingerprint density at radius 1 is 0.339 bits per heavy atom. The van der Waals surface area contributed by atoms with E-state index in [1.165, 1.54) is 72.3 Å². The molecule has 0 N–H and O–H groups in total. The van der Waals surface area contributed by atoms with Crippen molar-refractivity contribution in [3.8, 4) is 55.6 Å². The highest BCUT2D eigenvalue weighted by molar-refractivity contribution is 6.11. The third-order valence-electron chi connectivity index (χ3n) is 13.9. The highest BCUT2D eigenvalue weighted by Crippen LogP contribution is 2.58. The van der Waals surface area contributed by atoms with Gasteiger partial charge in [-0.15, -0.1) is 0 Å². The number of furan rings is 1. The monoisotopic (exact) mass is 795 g/mol. The highest BCUT2D eigenvalue weighted by Gasteiger charge is 2.43. The first-order chi connectivity index (χ1) is 30.3. The summed E-state index contributed by atoms with van der Waals surface area (Å²) in [4.78, 5) is 2.41. The van der Waals surface area contributed by atoms with E-state index in [4.69, 9.17) is 4.42 Å². The van der Waals surface area contributed by atoms with Crippen LogP contribution in [0.25, 0.3) is 77.6 Å². The second-order valence-corrected chi connectivity index (χ2v) is 18.1. The smallest absolute Gasteiger partial charge is 0.143 e. The average molecular weight is 796 g/mol. The summed E-state index contributed by atoms with van der Waals surface area (Å²) in [6, 6.07) is 73.3. The van der Waals surface area contributed by atoms with E-state index < -0.39 is 0 Å². The first kappa shape index (κ1) is 36.4. The number of rotatable bonds is 6. The molecule has 1 aromatic heterocycles. The number of anilines is 3. The number of para-hydroxylation sites is 2. The Bertz CT molecular complexity index is 3290. The van der Waals surface area contributed by atoms with Gasteiger partial charge in [0.2, 0.25) is 0 Å². The molecule has 2 aliphatic carbocycles. The molecule has 62 heavy (non-hydrogen) atoms. The molecule has 10 aromatic rings. The van der Waals surface area contributed by atoms with E-state index in [9.17, 15) is 0 Å². The van der Waals surface area contributed by atoms with Gasteiger partial charge in [0.15, 0.2) is 0 Å². The van der Waals surface area contributed by atoms with Gasteiger partial charge in [0.25, 0.3) is 0 Å². The molecule has 0 bridgehead atoms. The van der Waals surface area contributed by atoms with Crippen molar-refractivity contribution in [2.45, 2.75) is 38.5 Å². The summed E-state index contributed by atoms with van der Waals surface area (Å²) >= 11 is 0. The van der Waals surface area contributed by atoms with Gasteiger partial charge in [-0.2, -0.15) is 0 Å². The third-order valence-corrected chi connectivity index (χ3v) is 13.9. The summed E-state index contributed by atoms with van der Waals surface area (Å²) in [6.07, 6.45) is 0. The molecule has 0 saturated heterocycles. The van der Waals surface area contributed by atoms with Crippen LogP contribution in [-0.2, 0) is 10.8 Å². The molecule has 1 heterocycles. The Hall–Kier alpha value is -7.42. The summed E-state index contributed by atoms with van der Waals surface area (Å²) in [5.41, 5.74) is 22.8. The normalized spacial score (nSPS) is 14.1. The zero-order valence-electron chi connectivity index (χ0n) is 35.4. The molecule has 12 rings (SSSR count). The fourth-order valence-corrected chi connectivity index (χ4v) is 10.6. The van der Waals surface area contributed by atoms with E-state index in [0.29, 0.717) is 0 Å². The summed E-state index contributed by atoms with van der Waals surface area (Å²) in [7, 11) is 0. The molecule has 0 spiro atoms. The van der Waals surface area contributed by atoms with Crippen LogP contribution in [-0.4, -0.2) is 0 Å². The van der Waals surface area contributed by atoms with Gasteiger partial charge in [-0.1, -0.05) is 173 Å². The molecule has 0 radical (unpaired) electrons. The van der Waals surface area contributed by atoms with Crippen molar-refractivity contribution in [2.24, 2.45) is 0 Å². The van der Waals surface area contributed by atoms with Gasteiger partial charge in [-0.3, -0.25) is 0 Å². The Labute approximate surface area is 363 Å². The summed E-state index contributed by atoms with van der Waals surface area (Å²) in [5, 5.41) is 2.31. The number of hydrogen-bond acceptors (Lipinski definition) is 2. The van der Waals surface area contributed by atoms with Crippen molar-refractivity contribution in [1.82, 2.24) is 0 Å². The van der Waals surface area contributed by atoms with E-state index in [-0.39, 0.29) is 10.8 Å². The van der Waals surface area contributed by atoms with Crippen molar-refractivity contribution < 1.29 is 4.42 Å². The first-order valence-electron chi connectivity index (χ1n) is 21.8. The minimum atomic E-state index is -0.240. The molecule has 9 aromatic carbocycles. The highest BCUT2D eigenvalue weighted by atomic mass is 16.3. The van der Waals surface area contributed by atoms with Crippen molar-refractivity contribution in [3.05, 3.63) is 222 Å². The SMILES string of the molecule is CC1(C)c2cc(N(c3ccc(-c4ccccc4)cc3)c3ccc(-c4ccccc4)cc3)ccc2-c2cc3c(cc21)-c1c(-c2cccc4c2oc2ccccc24)cccc1C3(C)C. The van der Waals surface area contributed by atoms with Crippen LogP contribution in [0.3, 0.4) is 0 Å². The average Bonchev–Trinajstić information content (AvgIpc) is 3.89. The summed E-state index contributed by atoms with van der Waals surface area (Å²) < 4.78 is 6.63. The lowest BCUT2D eigenvalue weighted by Gasteiger charge is -2.28. The molecule has 0 amide bonds. The quantitative estimate of drug-likeness (QED) is 0.167. The lowest BCUT2D eigenvalue weighted by atomic mass is 9.79. The van der Waals surface area contributed by atoms with Gasteiger partial charge in [0.1, 0.15) is 11.2 Å². The first-order valence-corrected chi connectivity index (χ1v) is 21.8. The molecule has 2 nitrogen and oxygen atoms in total. The topological polar surface area (TPSA) is 16.4 Å². The van der Waals surface area contributed by atoms with Crippen molar-refractivity contribution in [1.29, 1.82) is 0 Å². The zero-order chi connectivity index (χ0) is 41.7. The molecular formula is C60H45NO. The molecule has 0 aliphatic heterocycles. The van der Waals surface area contributed by atoms with E-state index in [2.05, 4.69) is 233 Å². The third kappa shape index (κ3) is 5.43.